The fraction of sp³-hybridized carbons (Fsp3) is 0.222. The SMILES string of the molecule is CC(=O)Nc1ccc(-c2ccc(NC(C)=O)cc2C(F)(F)F)c(C(F)(F)F)c1. The van der Waals surface area contributed by atoms with Gasteiger partial charge >= 0.3 is 12.4 Å². The van der Waals surface area contributed by atoms with Gasteiger partial charge in [-0.2, -0.15) is 26.3 Å². The molecule has 2 N–H and O–H groups in total. The molecule has 0 spiro atoms. The van der Waals surface area contributed by atoms with Crippen molar-refractivity contribution in [2.24, 2.45) is 0 Å². The Morgan fingerprint density at radius 2 is 1.00 bits per heavy atom. The van der Waals surface area contributed by atoms with Crippen LogP contribution in [0, 0.1) is 0 Å². The number of hydrogen-bond donors (Lipinski definition) is 2. The molecule has 0 aliphatic carbocycles. The van der Waals surface area contributed by atoms with Crippen molar-refractivity contribution in [1.29, 1.82) is 0 Å². The zero-order valence-corrected chi connectivity index (χ0v) is 14.5. The van der Waals surface area contributed by atoms with E-state index in [1.54, 1.807) is 0 Å². The molecule has 0 bridgehead atoms. The minimum atomic E-state index is -4.97. The van der Waals surface area contributed by atoms with Gasteiger partial charge in [0.1, 0.15) is 0 Å². The molecule has 2 aromatic rings. The van der Waals surface area contributed by atoms with Crippen molar-refractivity contribution < 1.29 is 35.9 Å². The van der Waals surface area contributed by atoms with Gasteiger partial charge in [-0.15, -0.1) is 0 Å². The molecule has 10 heteroatoms. The molecule has 0 aliphatic rings. The summed E-state index contributed by atoms with van der Waals surface area (Å²) in [5.74, 6) is -1.26. The summed E-state index contributed by atoms with van der Waals surface area (Å²) in [5.41, 5.74) is -4.49. The summed E-state index contributed by atoms with van der Waals surface area (Å²) in [6, 6.07) is 5.01. The van der Waals surface area contributed by atoms with Crippen molar-refractivity contribution in [2.45, 2.75) is 26.2 Å². The molecule has 0 radical (unpaired) electrons. The Morgan fingerprint density at radius 1 is 0.679 bits per heavy atom. The van der Waals surface area contributed by atoms with Gasteiger partial charge in [0.15, 0.2) is 0 Å². The normalized spacial score (nSPS) is 11.9. The summed E-state index contributed by atoms with van der Waals surface area (Å²) in [7, 11) is 0. The summed E-state index contributed by atoms with van der Waals surface area (Å²) in [6.07, 6.45) is -9.94. The third kappa shape index (κ3) is 5.02. The van der Waals surface area contributed by atoms with Gasteiger partial charge in [0.25, 0.3) is 0 Å². The van der Waals surface area contributed by atoms with Gasteiger partial charge in [-0.05, 0) is 35.4 Å². The van der Waals surface area contributed by atoms with Gasteiger partial charge in [-0.25, -0.2) is 0 Å². The number of nitrogens with one attached hydrogen (secondary N) is 2. The van der Waals surface area contributed by atoms with E-state index in [2.05, 4.69) is 10.6 Å². The number of hydrogen-bond acceptors (Lipinski definition) is 2. The van der Waals surface area contributed by atoms with E-state index in [9.17, 15) is 35.9 Å². The first kappa shape index (κ1) is 21.3. The fourth-order valence-corrected chi connectivity index (χ4v) is 2.59. The third-order valence-electron chi connectivity index (χ3n) is 3.58. The molecule has 2 aromatic carbocycles. The standard InChI is InChI=1S/C18H14F6N2O2/c1-9(27)25-11-3-5-13(15(7-11)17(19,20)21)14-6-4-12(26-10(2)28)8-16(14)18(22,23)24/h3-8H,1-2H3,(H,25,27)(H,26,28). The van der Waals surface area contributed by atoms with E-state index in [4.69, 9.17) is 0 Å². The Labute approximate surface area is 155 Å². The predicted molar refractivity (Wildman–Crippen MR) is 90.5 cm³/mol. The number of halogens is 6. The second-order valence-corrected chi connectivity index (χ2v) is 5.88. The fourth-order valence-electron chi connectivity index (χ4n) is 2.59. The number of rotatable bonds is 3. The molecule has 0 aliphatic heterocycles. The zero-order chi connectivity index (χ0) is 21.3. The van der Waals surface area contributed by atoms with Gasteiger partial charge < -0.3 is 10.6 Å². The van der Waals surface area contributed by atoms with Gasteiger partial charge in [0, 0.05) is 25.2 Å². The van der Waals surface area contributed by atoms with E-state index in [-0.39, 0.29) is 11.4 Å². The summed E-state index contributed by atoms with van der Waals surface area (Å²) < 4.78 is 80.9. The number of carbonyl (C=O) groups is 2. The summed E-state index contributed by atoms with van der Waals surface area (Å²) in [6.45, 7) is 2.17. The van der Waals surface area contributed by atoms with Gasteiger partial charge in [0.2, 0.25) is 11.8 Å². The Kier molecular flexibility index (Phi) is 5.72. The summed E-state index contributed by atoms with van der Waals surface area (Å²) in [4.78, 5) is 22.1. The van der Waals surface area contributed by atoms with Gasteiger partial charge in [0.05, 0.1) is 11.1 Å². The predicted octanol–water partition coefficient (Wildman–Crippen LogP) is 5.31. The molecule has 0 aromatic heterocycles. The van der Waals surface area contributed by atoms with E-state index < -0.39 is 46.4 Å². The number of benzene rings is 2. The smallest absolute Gasteiger partial charge is 0.326 e. The molecular formula is C18H14F6N2O2. The topological polar surface area (TPSA) is 58.2 Å². The lowest BCUT2D eigenvalue weighted by Gasteiger charge is -2.19. The second-order valence-electron chi connectivity index (χ2n) is 5.88. The Hall–Kier alpha value is -3.04. The van der Waals surface area contributed by atoms with Crippen LogP contribution in [-0.4, -0.2) is 11.8 Å². The maximum absolute atomic E-state index is 13.5. The minimum Gasteiger partial charge on any atom is -0.326 e. The van der Waals surface area contributed by atoms with Crippen molar-refractivity contribution in [1.82, 2.24) is 0 Å². The van der Waals surface area contributed by atoms with Crippen molar-refractivity contribution in [3.8, 4) is 11.1 Å². The summed E-state index contributed by atoms with van der Waals surface area (Å²) in [5, 5.41) is 4.33. The average molecular weight is 404 g/mol. The highest BCUT2D eigenvalue weighted by Gasteiger charge is 2.38. The van der Waals surface area contributed by atoms with Crippen LogP contribution < -0.4 is 10.6 Å². The monoisotopic (exact) mass is 404 g/mol. The molecule has 0 heterocycles. The molecule has 0 saturated carbocycles. The number of alkyl halides is 6. The lowest BCUT2D eigenvalue weighted by molar-refractivity contribution is -0.139. The molecule has 150 valence electrons. The first-order valence-electron chi connectivity index (χ1n) is 7.77. The molecule has 0 fully saturated rings. The first-order valence-corrected chi connectivity index (χ1v) is 7.77. The molecule has 2 rings (SSSR count). The van der Waals surface area contributed by atoms with Crippen LogP contribution in [0.5, 0.6) is 0 Å². The second kappa shape index (κ2) is 7.53. The highest BCUT2D eigenvalue weighted by Crippen LogP contribution is 2.44. The molecule has 28 heavy (non-hydrogen) atoms. The lowest BCUT2D eigenvalue weighted by Crippen LogP contribution is -2.14. The first-order chi connectivity index (χ1) is 12.8. The molecule has 4 nitrogen and oxygen atoms in total. The summed E-state index contributed by atoms with van der Waals surface area (Å²) >= 11 is 0. The van der Waals surface area contributed by atoms with Gasteiger partial charge in [-0.3, -0.25) is 9.59 Å². The van der Waals surface area contributed by atoms with Crippen LogP contribution in [0.3, 0.4) is 0 Å². The number of amides is 2. The van der Waals surface area contributed by atoms with E-state index in [1.807, 2.05) is 0 Å². The Bertz CT molecular complexity index is 844. The van der Waals surface area contributed by atoms with Crippen molar-refractivity contribution >= 4 is 23.2 Å². The average Bonchev–Trinajstić information content (AvgIpc) is 2.52. The molecule has 0 saturated heterocycles. The Balaban J connectivity index is 2.72. The highest BCUT2D eigenvalue weighted by molar-refractivity contribution is 5.91. The van der Waals surface area contributed by atoms with E-state index in [1.165, 1.54) is 0 Å². The maximum atomic E-state index is 13.5. The van der Waals surface area contributed by atoms with Crippen LogP contribution in [0.2, 0.25) is 0 Å². The van der Waals surface area contributed by atoms with E-state index in [0.717, 1.165) is 38.1 Å². The maximum Gasteiger partial charge on any atom is 0.417 e. The zero-order valence-electron chi connectivity index (χ0n) is 14.5. The van der Waals surface area contributed by atoms with Gasteiger partial charge in [-0.1, -0.05) is 12.1 Å². The highest BCUT2D eigenvalue weighted by atomic mass is 19.4. The van der Waals surface area contributed by atoms with Crippen LogP contribution >= 0.6 is 0 Å². The van der Waals surface area contributed by atoms with Crippen LogP contribution in [0.15, 0.2) is 36.4 Å². The lowest BCUT2D eigenvalue weighted by atomic mass is 9.93. The molecule has 0 atom stereocenters. The van der Waals surface area contributed by atoms with Crippen LogP contribution in [0.1, 0.15) is 25.0 Å². The van der Waals surface area contributed by atoms with Crippen LogP contribution in [0.4, 0.5) is 37.7 Å². The third-order valence-corrected chi connectivity index (χ3v) is 3.58. The van der Waals surface area contributed by atoms with Crippen molar-refractivity contribution in [3.63, 3.8) is 0 Å². The van der Waals surface area contributed by atoms with Crippen LogP contribution in [-0.2, 0) is 21.9 Å². The Morgan fingerprint density at radius 3 is 1.25 bits per heavy atom. The van der Waals surface area contributed by atoms with Crippen molar-refractivity contribution in [3.05, 3.63) is 47.5 Å². The van der Waals surface area contributed by atoms with E-state index in [0.29, 0.717) is 12.1 Å². The molecular weight excluding hydrogens is 390 g/mol. The van der Waals surface area contributed by atoms with Crippen molar-refractivity contribution in [2.75, 3.05) is 10.6 Å². The number of carbonyl (C=O) groups excluding carboxylic acids is 2. The van der Waals surface area contributed by atoms with Crippen LogP contribution in [0.25, 0.3) is 11.1 Å². The quantitative estimate of drug-likeness (QED) is 0.682. The molecule has 2 amide bonds. The molecule has 0 unspecified atom stereocenters. The minimum absolute atomic E-state index is 0.202. The largest absolute Gasteiger partial charge is 0.417 e. The van der Waals surface area contributed by atoms with E-state index >= 15 is 0 Å². The number of anilines is 2.